The Kier molecular flexibility index (Phi) is 4.35. The first-order valence-electron chi connectivity index (χ1n) is 7.03. The van der Waals surface area contributed by atoms with Crippen LogP contribution in [0.4, 0.5) is 4.79 Å². The van der Waals surface area contributed by atoms with Crippen LogP contribution in [0.1, 0.15) is 40.0 Å². The molecular formula is C14H25NO3S. The summed E-state index contributed by atoms with van der Waals surface area (Å²) >= 11 is 4.62. The molecule has 2 rings (SSSR count). The SMILES string of the molecule is CC(C)(C)OC(=O)N1CC(S)CC2(CCOCC2)C1. The molecular weight excluding hydrogens is 262 g/mol. The molecule has 110 valence electrons. The second-order valence-electron chi connectivity index (χ2n) is 6.83. The Bertz CT molecular complexity index is 334. The third-order valence-electron chi connectivity index (χ3n) is 3.83. The molecule has 2 heterocycles. The zero-order valence-electron chi connectivity index (χ0n) is 12.1. The van der Waals surface area contributed by atoms with Gasteiger partial charge in [0.2, 0.25) is 0 Å². The lowest BCUT2D eigenvalue weighted by atomic mass is 9.74. The lowest BCUT2D eigenvalue weighted by Crippen LogP contribution is -2.53. The minimum Gasteiger partial charge on any atom is -0.444 e. The first-order chi connectivity index (χ1) is 8.80. The molecule has 19 heavy (non-hydrogen) atoms. The number of hydrogen-bond acceptors (Lipinski definition) is 4. The van der Waals surface area contributed by atoms with Gasteiger partial charge in [-0.15, -0.1) is 0 Å². The number of ether oxygens (including phenoxy) is 2. The minimum absolute atomic E-state index is 0.180. The van der Waals surface area contributed by atoms with Gasteiger partial charge in [0.1, 0.15) is 5.60 Å². The number of rotatable bonds is 0. The van der Waals surface area contributed by atoms with Crippen molar-refractivity contribution in [3.05, 3.63) is 0 Å². The molecule has 4 nitrogen and oxygen atoms in total. The highest BCUT2D eigenvalue weighted by molar-refractivity contribution is 7.81. The van der Waals surface area contributed by atoms with Gasteiger partial charge in [-0.1, -0.05) is 0 Å². The van der Waals surface area contributed by atoms with Crippen LogP contribution >= 0.6 is 12.6 Å². The monoisotopic (exact) mass is 287 g/mol. The molecule has 0 aliphatic carbocycles. The van der Waals surface area contributed by atoms with E-state index >= 15 is 0 Å². The zero-order chi connectivity index (χ0) is 14.1. The number of nitrogens with zero attached hydrogens (tertiary/aromatic N) is 1. The smallest absolute Gasteiger partial charge is 0.410 e. The minimum atomic E-state index is -0.441. The molecule has 1 atom stereocenters. The molecule has 2 saturated heterocycles. The summed E-state index contributed by atoms with van der Waals surface area (Å²) in [5.74, 6) is 0. The summed E-state index contributed by atoms with van der Waals surface area (Å²) < 4.78 is 10.9. The Hall–Kier alpha value is -0.420. The summed E-state index contributed by atoms with van der Waals surface area (Å²) in [6, 6.07) is 0. The van der Waals surface area contributed by atoms with E-state index in [-0.39, 0.29) is 16.8 Å². The molecule has 0 bridgehead atoms. The van der Waals surface area contributed by atoms with Gasteiger partial charge < -0.3 is 14.4 Å². The van der Waals surface area contributed by atoms with Gasteiger partial charge >= 0.3 is 6.09 Å². The van der Waals surface area contributed by atoms with Crippen LogP contribution in [0.5, 0.6) is 0 Å². The van der Waals surface area contributed by atoms with Crippen LogP contribution in [0.3, 0.4) is 0 Å². The Labute approximate surface area is 121 Å². The first kappa shape index (κ1) is 15.0. The standard InChI is InChI=1S/C14H25NO3S/c1-13(2,3)18-12(16)15-9-11(19)8-14(10-15)4-6-17-7-5-14/h11,19H,4-10H2,1-3H3. The lowest BCUT2D eigenvalue weighted by Gasteiger charge is -2.47. The predicted octanol–water partition coefficient (Wildman–Crippen LogP) is 2.72. The molecule has 0 aromatic carbocycles. The molecule has 0 saturated carbocycles. The number of likely N-dealkylation sites (tertiary alicyclic amines) is 1. The van der Waals surface area contributed by atoms with Crippen molar-refractivity contribution in [3.8, 4) is 0 Å². The molecule has 5 heteroatoms. The second kappa shape index (κ2) is 5.52. The fourth-order valence-corrected chi connectivity index (χ4v) is 3.57. The average molecular weight is 287 g/mol. The van der Waals surface area contributed by atoms with Gasteiger partial charge in [0, 0.05) is 31.6 Å². The van der Waals surface area contributed by atoms with E-state index in [4.69, 9.17) is 9.47 Å². The highest BCUT2D eigenvalue weighted by Crippen LogP contribution is 2.40. The predicted molar refractivity (Wildman–Crippen MR) is 77.7 cm³/mol. The molecule has 1 unspecified atom stereocenters. The molecule has 1 amide bonds. The van der Waals surface area contributed by atoms with Gasteiger partial charge in [-0.3, -0.25) is 0 Å². The number of thiol groups is 1. The van der Waals surface area contributed by atoms with Crippen molar-refractivity contribution in [1.82, 2.24) is 4.90 Å². The van der Waals surface area contributed by atoms with E-state index in [1.807, 2.05) is 25.7 Å². The molecule has 0 aromatic rings. The topological polar surface area (TPSA) is 38.8 Å². The van der Waals surface area contributed by atoms with Crippen molar-refractivity contribution in [2.24, 2.45) is 5.41 Å². The van der Waals surface area contributed by atoms with Crippen molar-refractivity contribution in [3.63, 3.8) is 0 Å². The van der Waals surface area contributed by atoms with Gasteiger partial charge in [-0.05, 0) is 45.4 Å². The summed E-state index contributed by atoms with van der Waals surface area (Å²) in [6.07, 6.45) is 2.89. The van der Waals surface area contributed by atoms with Gasteiger partial charge in [0.05, 0.1) is 0 Å². The molecule has 0 aromatic heterocycles. The normalized spacial score (nSPS) is 27.4. The van der Waals surface area contributed by atoms with E-state index in [1.54, 1.807) is 0 Å². The third kappa shape index (κ3) is 4.02. The van der Waals surface area contributed by atoms with E-state index in [9.17, 15) is 4.79 Å². The van der Waals surface area contributed by atoms with Crippen LogP contribution in [-0.4, -0.2) is 48.1 Å². The van der Waals surface area contributed by atoms with Crippen LogP contribution in [-0.2, 0) is 9.47 Å². The van der Waals surface area contributed by atoms with Gasteiger partial charge in [-0.2, -0.15) is 12.6 Å². The van der Waals surface area contributed by atoms with E-state index in [1.165, 1.54) is 0 Å². The first-order valence-corrected chi connectivity index (χ1v) is 7.55. The summed E-state index contributed by atoms with van der Waals surface area (Å²) in [4.78, 5) is 14.1. The Balaban J connectivity index is 2.03. The average Bonchev–Trinajstić information content (AvgIpc) is 2.26. The zero-order valence-corrected chi connectivity index (χ0v) is 13.0. The molecule has 2 fully saturated rings. The number of carbonyl (C=O) groups is 1. The van der Waals surface area contributed by atoms with Crippen molar-refractivity contribution in [1.29, 1.82) is 0 Å². The van der Waals surface area contributed by atoms with Gasteiger partial charge in [0.25, 0.3) is 0 Å². The summed E-state index contributed by atoms with van der Waals surface area (Å²) in [6.45, 7) is 8.75. The van der Waals surface area contributed by atoms with E-state index < -0.39 is 5.60 Å². The van der Waals surface area contributed by atoms with Crippen molar-refractivity contribution in [2.45, 2.75) is 50.9 Å². The highest BCUT2D eigenvalue weighted by atomic mass is 32.1. The molecule has 2 aliphatic rings. The molecule has 0 N–H and O–H groups in total. The maximum absolute atomic E-state index is 12.2. The molecule has 1 spiro atoms. The number of piperidine rings is 1. The highest BCUT2D eigenvalue weighted by Gasteiger charge is 2.42. The van der Waals surface area contributed by atoms with Crippen molar-refractivity contribution in [2.75, 3.05) is 26.3 Å². The van der Waals surface area contributed by atoms with Crippen LogP contribution in [0, 0.1) is 5.41 Å². The fourth-order valence-electron chi connectivity index (χ4n) is 2.98. The number of hydrogen-bond donors (Lipinski definition) is 1. The van der Waals surface area contributed by atoms with E-state index in [2.05, 4.69) is 12.6 Å². The summed E-state index contributed by atoms with van der Waals surface area (Å²) in [5, 5.41) is 0.236. The van der Waals surface area contributed by atoms with Crippen LogP contribution in [0.2, 0.25) is 0 Å². The van der Waals surface area contributed by atoms with Crippen LogP contribution in [0.15, 0.2) is 0 Å². The third-order valence-corrected chi connectivity index (χ3v) is 4.18. The largest absolute Gasteiger partial charge is 0.444 e. The molecule has 0 radical (unpaired) electrons. The van der Waals surface area contributed by atoms with Gasteiger partial charge in [-0.25, -0.2) is 4.79 Å². The van der Waals surface area contributed by atoms with Gasteiger partial charge in [0.15, 0.2) is 0 Å². The Morgan fingerprint density at radius 1 is 1.37 bits per heavy atom. The second-order valence-corrected chi connectivity index (χ2v) is 7.56. The quantitative estimate of drug-likeness (QED) is 0.696. The van der Waals surface area contributed by atoms with Crippen molar-refractivity contribution >= 4 is 18.7 Å². The molecule has 2 aliphatic heterocycles. The Morgan fingerprint density at radius 2 is 2.00 bits per heavy atom. The maximum atomic E-state index is 12.2. The van der Waals surface area contributed by atoms with E-state index in [0.717, 1.165) is 39.0 Å². The summed E-state index contributed by atoms with van der Waals surface area (Å²) in [7, 11) is 0. The van der Waals surface area contributed by atoms with Crippen LogP contribution < -0.4 is 0 Å². The number of carbonyl (C=O) groups excluding carboxylic acids is 1. The lowest BCUT2D eigenvalue weighted by molar-refractivity contribution is -0.0359. The fraction of sp³-hybridized carbons (Fsp3) is 0.929. The summed E-state index contributed by atoms with van der Waals surface area (Å²) in [5.41, 5.74) is -0.261. The van der Waals surface area contributed by atoms with Crippen LogP contribution in [0.25, 0.3) is 0 Å². The maximum Gasteiger partial charge on any atom is 0.410 e. The van der Waals surface area contributed by atoms with Crippen molar-refractivity contribution < 1.29 is 14.3 Å². The van der Waals surface area contributed by atoms with E-state index in [0.29, 0.717) is 6.54 Å². The Morgan fingerprint density at radius 3 is 2.58 bits per heavy atom. The number of amides is 1.